The summed E-state index contributed by atoms with van der Waals surface area (Å²) in [5, 5.41) is 10.8. The Morgan fingerprint density at radius 1 is 0.976 bits per heavy atom. The number of primary amides is 1. The number of likely N-dealkylation sites (tertiary alicyclic amines) is 2. The molecule has 0 unspecified atom stereocenters. The number of thiophene rings is 1. The van der Waals surface area contributed by atoms with Crippen LogP contribution in [0.2, 0.25) is 0 Å². The lowest BCUT2D eigenvalue weighted by Crippen LogP contribution is -2.54. The van der Waals surface area contributed by atoms with Crippen molar-refractivity contribution in [1.29, 1.82) is 0 Å². The zero-order valence-electron chi connectivity index (χ0n) is 23.5. The molecule has 0 bridgehead atoms. The molecular weight excluding hydrogens is 554 g/mol. The number of nitrogens with one attached hydrogen (secondary N) is 1. The normalized spacial score (nSPS) is 20.0. The molecule has 3 N–H and O–H groups in total. The summed E-state index contributed by atoms with van der Waals surface area (Å²) < 4.78 is 5.44. The molecule has 0 saturated carbocycles. The number of hydrazine groups is 1. The lowest BCUT2D eigenvalue weighted by Gasteiger charge is -2.40. The molecule has 12 heteroatoms. The third kappa shape index (κ3) is 4.72. The maximum absolute atomic E-state index is 14.0. The van der Waals surface area contributed by atoms with E-state index >= 15 is 0 Å². The Labute approximate surface area is 248 Å². The molecule has 11 nitrogen and oxygen atoms in total. The van der Waals surface area contributed by atoms with E-state index in [2.05, 4.69) is 15.1 Å². The molecule has 0 spiro atoms. The van der Waals surface area contributed by atoms with E-state index in [1.807, 2.05) is 28.1 Å². The second-order valence-electron chi connectivity index (χ2n) is 11.4. The average Bonchev–Trinajstić information content (AvgIpc) is 3.75. The minimum atomic E-state index is -0.661. The second-order valence-corrected chi connectivity index (χ2v) is 12.4. The molecule has 3 amide bonds. The maximum Gasteiger partial charge on any atom is 0.334 e. The van der Waals surface area contributed by atoms with Crippen molar-refractivity contribution in [2.24, 2.45) is 5.73 Å². The molecule has 2 aromatic heterocycles. The summed E-state index contributed by atoms with van der Waals surface area (Å²) in [5.41, 5.74) is 8.88. The lowest BCUT2D eigenvalue weighted by atomic mass is 10.00. The van der Waals surface area contributed by atoms with E-state index in [0.29, 0.717) is 71.0 Å². The highest BCUT2D eigenvalue weighted by molar-refractivity contribution is 7.17. The highest BCUT2D eigenvalue weighted by atomic mass is 32.1. The van der Waals surface area contributed by atoms with Gasteiger partial charge >= 0.3 is 6.03 Å². The van der Waals surface area contributed by atoms with Gasteiger partial charge in [-0.15, -0.1) is 11.3 Å². The summed E-state index contributed by atoms with van der Waals surface area (Å²) in [5.74, 6) is -0.182. The van der Waals surface area contributed by atoms with E-state index in [1.165, 1.54) is 48.7 Å². The number of piperidine rings is 2. The minimum absolute atomic E-state index is 0.0408. The first-order valence-electron chi connectivity index (χ1n) is 14.8. The Morgan fingerprint density at radius 3 is 2.48 bits per heavy atom. The number of carbonyl (C=O) groups excluding carboxylic acids is 3. The van der Waals surface area contributed by atoms with Crippen LogP contribution >= 0.6 is 11.3 Å². The predicted molar refractivity (Wildman–Crippen MR) is 160 cm³/mol. The number of nitrogens with zero attached hydrogens (tertiary/aromatic N) is 5. The van der Waals surface area contributed by atoms with Crippen molar-refractivity contribution >= 4 is 34.7 Å². The summed E-state index contributed by atoms with van der Waals surface area (Å²) in [6, 6.07) is 9.02. The molecule has 220 valence electrons. The van der Waals surface area contributed by atoms with Gasteiger partial charge in [-0.25, -0.2) is 14.8 Å². The molecule has 0 radical (unpaired) electrons. The molecule has 0 atom stereocenters. The fraction of sp³-hybridized carbons (Fsp3) is 0.467. The zero-order valence-corrected chi connectivity index (χ0v) is 24.3. The molecule has 3 saturated heterocycles. The van der Waals surface area contributed by atoms with E-state index < -0.39 is 6.03 Å². The fourth-order valence-electron chi connectivity index (χ4n) is 6.84. The second kappa shape index (κ2) is 11.3. The van der Waals surface area contributed by atoms with Gasteiger partial charge in [-0.2, -0.15) is 5.10 Å². The van der Waals surface area contributed by atoms with Crippen LogP contribution in [-0.2, 0) is 4.74 Å². The Kier molecular flexibility index (Phi) is 7.30. The van der Waals surface area contributed by atoms with Gasteiger partial charge in [-0.3, -0.25) is 14.7 Å². The van der Waals surface area contributed by atoms with Crippen molar-refractivity contribution in [3.63, 3.8) is 0 Å². The van der Waals surface area contributed by atoms with Crippen LogP contribution in [0.3, 0.4) is 0 Å². The third-order valence-corrected chi connectivity index (χ3v) is 10.0. The van der Waals surface area contributed by atoms with E-state index in [1.54, 1.807) is 12.1 Å². The average molecular weight is 590 g/mol. The van der Waals surface area contributed by atoms with Crippen LogP contribution in [0.15, 0.2) is 30.3 Å². The van der Waals surface area contributed by atoms with Crippen LogP contribution in [0, 0.1) is 0 Å². The summed E-state index contributed by atoms with van der Waals surface area (Å²) in [4.78, 5) is 46.0. The number of ether oxygens (including phenoxy) is 1. The third-order valence-electron chi connectivity index (χ3n) is 8.95. The van der Waals surface area contributed by atoms with Crippen molar-refractivity contribution in [2.75, 3.05) is 57.5 Å². The Hall–Kier alpha value is -3.58. The van der Waals surface area contributed by atoms with Gasteiger partial charge in [0.05, 0.1) is 45.5 Å². The highest BCUT2D eigenvalue weighted by Gasteiger charge is 2.38. The molecule has 42 heavy (non-hydrogen) atoms. The monoisotopic (exact) mass is 589 g/mol. The Balaban J connectivity index is 1.11. The number of aromatic amines is 1. The number of fused-ring (bicyclic) bond motifs is 3. The van der Waals surface area contributed by atoms with E-state index in [9.17, 15) is 14.4 Å². The topological polar surface area (TPSA) is 128 Å². The number of amides is 3. The Bertz CT molecular complexity index is 1510. The number of rotatable bonds is 5. The first-order chi connectivity index (χ1) is 20.5. The minimum Gasteiger partial charge on any atom is -0.379 e. The van der Waals surface area contributed by atoms with E-state index in [-0.39, 0.29) is 11.7 Å². The molecule has 1 aliphatic carbocycles. The van der Waals surface area contributed by atoms with Gasteiger partial charge in [-0.05, 0) is 57.0 Å². The van der Waals surface area contributed by atoms with Crippen LogP contribution < -0.4 is 10.7 Å². The van der Waals surface area contributed by atoms with Gasteiger partial charge in [0.25, 0.3) is 5.91 Å². The van der Waals surface area contributed by atoms with Crippen molar-refractivity contribution in [3.05, 3.63) is 46.3 Å². The summed E-state index contributed by atoms with van der Waals surface area (Å²) >= 11 is 1.37. The van der Waals surface area contributed by atoms with Crippen molar-refractivity contribution in [1.82, 2.24) is 25.0 Å². The number of aromatic nitrogens is 2. The van der Waals surface area contributed by atoms with Crippen LogP contribution in [0.4, 0.5) is 10.5 Å². The molecule has 5 heterocycles. The van der Waals surface area contributed by atoms with Crippen LogP contribution in [0.5, 0.6) is 0 Å². The largest absolute Gasteiger partial charge is 0.379 e. The number of carbonyl (C=O) groups is 3. The number of anilines is 1. The summed E-state index contributed by atoms with van der Waals surface area (Å²) in [6.45, 7) is 5.80. The summed E-state index contributed by atoms with van der Waals surface area (Å²) in [7, 11) is 0. The first-order valence-corrected chi connectivity index (χ1v) is 15.6. The Morgan fingerprint density at radius 2 is 1.74 bits per heavy atom. The molecule has 4 aliphatic rings. The van der Waals surface area contributed by atoms with Crippen molar-refractivity contribution in [2.45, 2.75) is 38.1 Å². The number of urea groups is 1. The van der Waals surface area contributed by atoms with Gasteiger partial charge in [-0.1, -0.05) is 18.6 Å². The van der Waals surface area contributed by atoms with Gasteiger partial charge in [0.15, 0.2) is 5.78 Å². The maximum atomic E-state index is 14.0. The number of nitrogens with two attached hydrogens (primary N) is 1. The molecule has 3 fully saturated rings. The van der Waals surface area contributed by atoms with Crippen molar-refractivity contribution < 1.29 is 19.1 Å². The van der Waals surface area contributed by atoms with Gasteiger partial charge in [0.2, 0.25) is 0 Å². The van der Waals surface area contributed by atoms with Gasteiger partial charge in [0, 0.05) is 37.8 Å². The fourth-order valence-corrected chi connectivity index (χ4v) is 7.81. The molecule has 3 aromatic rings. The number of morpholine rings is 1. The van der Waals surface area contributed by atoms with Gasteiger partial charge in [0.1, 0.15) is 5.69 Å². The molecule has 3 aliphatic heterocycles. The molecule has 7 rings (SSSR count). The lowest BCUT2D eigenvalue weighted by molar-refractivity contribution is 0.0364. The molecule has 1 aromatic carbocycles. The number of hydrogen-bond donors (Lipinski definition) is 2. The van der Waals surface area contributed by atoms with Gasteiger partial charge < -0.3 is 20.3 Å². The quantitative estimate of drug-likeness (QED) is 0.364. The predicted octanol–water partition coefficient (Wildman–Crippen LogP) is 3.57. The standard InChI is InChI=1S/C30H35N7O4S/c31-30(40)37(36-15-17-41-18-16-36)21-6-4-5-20-24(21)28(38)25-26(20)32-33-27(25)22-7-8-23(42-22)29(39)35-13-9-19(10-14-35)34-11-2-1-3-12-34/h4-8,19H,1-3,9-18H2,(H2,31,40)(H,32,33). The zero-order chi connectivity index (χ0) is 28.8. The SMILES string of the molecule is NC(=O)N(c1cccc2c1C(=O)c1c-2n[nH]c1-c1ccc(C(=O)N2CCC(N3CCCCC3)CC2)s1)N1CCOCC1. The molecular formula is C30H35N7O4S. The number of benzene rings is 1. The van der Waals surface area contributed by atoms with Crippen LogP contribution in [0.1, 0.15) is 57.7 Å². The number of ketones is 1. The smallest absolute Gasteiger partial charge is 0.334 e. The first kappa shape index (κ1) is 27.3. The van der Waals surface area contributed by atoms with Crippen LogP contribution in [0.25, 0.3) is 21.8 Å². The van der Waals surface area contributed by atoms with E-state index in [4.69, 9.17) is 10.5 Å². The van der Waals surface area contributed by atoms with Crippen molar-refractivity contribution in [3.8, 4) is 21.8 Å². The van der Waals surface area contributed by atoms with E-state index in [0.717, 1.165) is 30.8 Å². The summed E-state index contributed by atoms with van der Waals surface area (Å²) in [6.07, 6.45) is 5.91. The van der Waals surface area contributed by atoms with Crippen LogP contribution in [-0.4, -0.2) is 101 Å². The number of H-pyrrole nitrogens is 1. The highest BCUT2D eigenvalue weighted by Crippen LogP contribution is 2.45. The number of hydrogen-bond acceptors (Lipinski definition) is 8.